The third kappa shape index (κ3) is 5.12. The van der Waals surface area contributed by atoms with Crippen LogP contribution in [0, 0.1) is 0 Å². The van der Waals surface area contributed by atoms with E-state index in [9.17, 15) is 9.59 Å². The molecule has 0 saturated heterocycles. The normalized spacial score (nSPS) is 10.4. The van der Waals surface area contributed by atoms with Crippen LogP contribution in [0.15, 0.2) is 24.3 Å². The van der Waals surface area contributed by atoms with Crippen molar-refractivity contribution >= 4 is 11.7 Å². The van der Waals surface area contributed by atoms with E-state index in [1.54, 1.807) is 31.0 Å². The predicted molar refractivity (Wildman–Crippen MR) is 74.2 cm³/mol. The van der Waals surface area contributed by atoms with Gasteiger partial charge in [0.05, 0.1) is 0 Å². The lowest BCUT2D eigenvalue weighted by Gasteiger charge is -2.21. The molecule has 104 valence electrons. The van der Waals surface area contributed by atoms with Gasteiger partial charge in [0.2, 0.25) is 0 Å². The van der Waals surface area contributed by atoms with Crippen molar-refractivity contribution < 1.29 is 14.3 Å². The van der Waals surface area contributed by atoms with Crippen molar-refractivity contribution in [1.82, 2.24) is 4.90 Å². The molecule has 0 atom stereocenters. The molecular formula is C15H21NO3. The fourth-order valence-corrected chi connectivity index (χ4v) is 1.53. The predicted octanol–water partition coefficient (Wildman–Crippen LogP) is 2.06. The molecule has 4 heteroatoms. The number of rotatable bonds is 6. The molecule has 0 heterocycles. The van der Waals surface area contributed by atoms with Crippen LogP contribution in [0.2, 0.25) is 0 Å². The van der Waals surface area contributed by atoms with Crippen molar-refractivity contribution in [3.63, 3.8) is 0 Å². The molecule has 1 amide bonds. The lowest BCUT2D eigenvalue weighted by atomic mass is 10.1. The van der Waals surface area contributed by atoms with E-state index in [4.69, 9.17) is 4.74 Å². The number of carbonyl (C=O) groups is 2. The summed E-state index contributed by atoms with van der Waals surface area (Å²) in [5.74, 6) is 0.711. The number of ether oxygens (including phenoxy) is 1. The van der Waals surface area contributed by atoms with E-state index in [2.05, 4.69) is 0 Å². The van der Waals surface area contributed by atoms with E-state index in [1.807, 2.05) is 26.0 Å². The maximum absolute atomic E-state index is 11.7. The van der Waals surface area contributed by atoms with Gasteiger partial charge in [-0.15, -0.1) is 0 Å². The van der Waals surface area contributed by atoms with E-state index in [0.717, 1.165) is 5.56 Å². The number of Topliss-reactive ketones (excluding diaryl/α,β-unsaturated/α-hetero) is 1. The summed E-state index contributed by atoms with van der Waals surface area (Å²) in [4.78, 5) is 24.3. The van der Waals surface area contributed by atoms with E-state index in [0.29, 0.717) is 12.2 Å². The SMILES string of the molecule is CC(=O)Cc1ccc(OCC(=O)N(C)C(C)C)cc1. The zero-order valence-corrected chi connectivity index (χ0v) is 12.0. The highest BCUT2D eigenvalue weighted by atomic mass is 16.5. The first-order chi connectivity index (χ1) is 8.90. The number of carbonyl (C=O) groups excluding carboxylic acids is 2. The Morgan fingerprint density at radius 3 is 2.26 bits per heavy atom. The van der Waals surface area contributed by atoms with Gasteiger partial charge in [-0.2, -0.15) is 0 Å². The maximum atomic E-state index is 11.7. The van der Waals surface area contributed by atoms with Gasteiger partial charge in [0, 0.05) is 19.5 Å². The number of hydrogen-bond acceptors (Lipinski definition) is 3. The molecule has 0 aliphatic rings. The molecule has 1 aromatic rings. The highest BCUT2D eigenvalue weighted by Crippen LogP contribution is 2.13. The van der Waals surface area contributed by atoms with Crippen molar-refractivity contribution in [3.05, 3.63) is 29.8 Å². The molecule has 0 unspecified atom stereocenters. The average molecular weight is 263 g/mol. The zero-order chi connectivity index (χ0) is 14.4. The van der Waals surface area contributed by atoms with Crippen molar-refractivity contribution in [2.24, 2.45) is 0 Å². The fraction of sp³-hybridized carbons (Fsp3) is 0.467. The van der Waals surface area contributed by atoms with Crippen LogP contribution in [0.25, 0.3) is 0 Å². The second-order valence-electron chi connectivity index (χ2n) is 4.91. The minimum Gasteiger partial charge on any atom is -0.484 e. The summed E-state index contributed by atoms with van der Waals surface area (Å²) >= 11 is 0. The first kappa shape index (κ1) is 15.2. The van der Waals surface area contributed by atoms with Crippen molar-refractivity contribution in [2.75, 3.05) is 13.7 Å². The molecule has 0 N–H and O–H groups in total. The summed E-state index contributed by atoms with van der Waals surface area (Å²) in [6.45, 7) is 5.49. The average Bonchev–Trinajstić information content (AvgIpc) is 2.35. The Labute approximate surface area is 114 Å². The van der Waals surface area contributed by atoms with E-state index in [-0.39, 0.29) is 24.3 Å². The molecule has 0 spiro atoms. The third-order valence-corrected chi connectivity index (χ3v) is 2.91. The maximum Gasteiger partial charge on any atom is 0.260 e. The number of hydrogen-bond donors (Lipinski definition) is 0. The number of likely N-dealkylation sites (N-methyl/N-ethyl adjacent to an activating group) is 1. The summed E-state index contributed by atoms with van der Waals surface area (Å²) in [5, 5.41) is 0. The lowest BCUT2D eigenvalue weighted by molar-refractivity contribution is -0.133. The Morgan fingerprint density at radius 2 is 1.79 bits per heavy atom. The largest absolute Gasteiger partial charge is 0.484 e. The molecule has 0 aliphatic heterocycles. The molecule has 0 bridgehead atoms. The van der Waals surface area contributed by atoms with Gasteiger partial charge in [-0.1, -0.05) is 12.1 Å². The lowest BCUT2D eigenvalue weighted by Crippen LogP contribution is -2.36. The van der Waals surface area contributed by atoms with E-state index < -0.39 is 0 Å². The number of benzene rings is 1. The van der Waals surface area contributed by atoms with Crippen molar-refractivity contribution in [3.8, 4) is 5.75 Å². The highest BCUT2D eigenvalue weighted by molar-refractivity contribution is 5.78. The smallest absolute Gasteiger partial charge is 0.260 e. The standard InChI is InChI=1S/C15H21NO3/c1-11(2)16(4)15(18)10-19-14-7-5-13(6-8-14)9-12(3)17/h5-8,11H,9-10H2,1-4H3. The van der Waals surface area contributed by atoms with E-state index >= 15 is 0 Å². The molecule has 19 heavy (non-hydrogen) atoms. The fourth-order valence-electron chi connectivity index (χ4n) is 1.53. The Kier molecular flexibility index (Phi) is 5.55. The van der Waals surface area contributed by atoms with Gasteiger partial charge in [0.1, 0.15) is 11.5 Å². The topological polar surface area (TPSA) is 46.6 Å². The summed E-state index contributed by atoms with van der Waals surface area (Å²) in [6, 6.07) is 7.40. The van der Waals surface area contributed by atoms with Crippen LogP contribution >= 0.6 is 0 Å². The van der Waals surface area contributed by atoms with Crippen LogP contribution < -0.4 is 4.74 Å². The number of ketones is 1. The highest BCUT2D eigenvalue weighted by Gasteiger charge is 2.12. The Hall–Kier alpha value is -1.84. The minimum absolute atomic E-state index is 0.0285. The Bertz CT molecular complexity index is 437. The molecule has 0 saturated carbocycles. The van der Waals surface area contributed by atoms with Gasteiger partial charge in [-0.05, 0) is 38.5 Å². The molecule has 0 radical (unpaired) electrons. The Balaban J connectivity index is 2.50. The van der Waals surface area contributed by atoms with Crippen LogP contribution in [0.5, 0.6) is 5.75 Å². The van der Waals surface area contributed by atoms with Crippen LogP contribution in [0.3, 0.4) is 0 Å². The minimum atomic E-state index is -0.0530. The van der Waals surface area contributed by atoms with Gasteiger partial charge in [-0.25, -0.2) is 0 Å². The summed E-state index contributed by atoms with van der Waals surface area (Å²) in [5.41, 5.74) is 0.950. The first-order valence-corrected chi connectivity index (χ1v) is 6.37. The molecule has 0 aromatic heterocycles. The molecule has 1 rings (SSSR count). The van der Waals surface area contributed by atoms with Gasteiger partial charge in [-0.3, -0.25) is 9.59 Å². The van der Waals surface area contributed by atoms with Crippen molar-refractivity contribution in [1.29, 1.82) is 0 Å². The first-order valence-electron chi connectivity index (χ1n) is 6.37. The number of nitrogens with zero attached hydrogens (tertiary/aromatic N) is 1. The molecule has 0 fully saturated rings. The summed E-state index contributed by atoms with van der Waals surface area (Å²) in [6.07, 6.45) is 0.426. The Morgan fingerprint density at radius 1 is 1.21 bits per heavy atom. The van der Waals surface area contributed by atoms with Gasteiger partial charge < -0.3 is 9.64 Å². The summed E-state index contributed by atoms with van der Waals surface area (Å²) in [7, 11) is 1.76. The van der Waals surface area contributed by atoms with Crippen LogP contribution in [-0.2, 0) is 16.0 Å². The molecular weight excluding hydrogens is 242 g/mol. The summed E-state index contributed by atoms with van der Waals surface area (Å²) < 4.78 is 5.42. The van der Waals surface area contributed by atoms with E-state index in [1.165, 1.54) is 0 Å². The van der Waals surface area contributed by atoms with Gasteiger partial charge in [0.15, 0.2) is 6.61 Å². The van der Waals surface area contributed by atoms with Gasteiger partial charge in [0.25, 0.3) is 5.91 Å². The van der Waals surface area contributed by atoms with Crippen LogP contribution in [0.4, 0.5) is 0 Å². The second-order valence-corrected chi connectivity index (χ2v) is 4.91. The molecule has 0 aliphatic carbocycles. The third-order valence-electron chi connectivity index (χ3n) is 2.91. The quantitative estimate of drug-likeness (QED) is 0.789. The number of amides is 1. The van der Waals surface area contributed by atoms with Crippen LogP contribution in [-0.4, -0.2) is 36.3 Å². The van der Waals surface area contributed by atoms with Crippen molar-refractivity contribution in [2.45, 2.75) is 33.2 Å². The molecule has 1 aromatic carbocycles. The van der Waals surface area contributed by atoms with Crippen LogP contribution in [0.1, 0.15) is 26.3 Å². The molecule has 4 nitrogen and oxygen atoms in total. The van der Waals surface area contributed by atoms with Gasteiger partial charge >= 0.3 is 0 Å². The zero-order valence-electron chi connectivity index (χ0n) is 12.0. The second kappa shape index (κ2) is 6.92. The monoisotopic (exact) mass is 263 g/mol.